The van der Waals surface area contributed by atoms with Gasteiger partial charge >= 0.3 is 6.18 Å². The summed E-state index contributed by atoms with van der Waals surface area (Å²) in [5, 5.41) is 0.0403. The van der Waals surface area contributed by atoms with E-state index >= 15 is 0 Å². The summed E-state index contributed by atoms with van der Waals surface area (Å²) in [6, 6.07) is 4.49. The van der Waals surface area contributed by atoms with Crippen LogP contribution in [-0.2, 0) is 6.18 Å². The molecule has 0 radical (unpaired) electrons. The molecule has 4 atom stereocenters. The fourth-order valence-corrected chi connectivity index (χ4v) is 5.86. The lowest BCUT2D eigenvalue weighted by molar-refractivity contribution is -0.139. The van der Waals surface area contributed by atoms with Crippen molar-refractivity contribution in [2.24, 2.45) is 17.8 Å². The summed E-state index contributed by atoms with van der Waals surface area (Å²) >= 11 is 0. The molecule has 0 N–H and O–H groups in total. The SMILES string of the molecule is CCCC[C@@H]1CC[C@@H]2CC(c3cc(F)c4cc(C(F)(F)F)c(F)cc4c3)CCC2C1. The number of benzene rings is 2. The standard InChI is InChI=1S/C25H29F5/c1-2-3-4-15-5-6-17-10-18(8-7-16(17)9-15)19-11-20-13-24(27)22(25(28,29)30)14-21(20)23(26)12-19/h11-18H,2-10H2,1H3/t15-,16?,17-,18?/m1/s1. The molecule has 0 bridgehead atoms. The molecule has 0 nitrogen and oxygen atoms in total. The normalized spacial score (nSPS) is 27.3. The highest BCUT2D eigenvalue weighted by molar-refractivity contribution is 5.85. The average molecular weight is 424 g/mol. The molecule has 2 fully saturated rings. The summed E-state index contributed by atoms with van der Waals surface area (Å²) in [6.07, 6.45) is 5.91. The molecule has 2 aromatic carbocycles. The summed E-state index contributed by atoms with van der Waals surface area (Å²) in [6.45, 7) is 2.23. The Morgan fingerprint density at radius 2 is 1.60 bits per heavy atom. The van der Waals surface area contributed by atoms with Gasteiger partial charge < -0.3 is 0 Å². The Bertz CT molecular complexity index is 901. The summed E-state index contributed by atoms with van der Waals surface area (Å²) in [5.41, 5.74) is -0.618. The fraction of sp³-hybridized carbons (Fsp3) is 0.600. The van der Waals surface area contributed by atoms with Gasteiger partial charge in [-0.05, 0) is 84.9 Å². The molecule has 0 spiro atoms. The van der Waals surface area contributed by atoms with Crippen LogP contribution in [0.3, 0.4) is 0 Å². The van der Waals surface area contributed by atoms with E-state index in [1.54, 1.807) is 6.07 Å². The van der Waals surface area contributed by atoms with Gasteiger partial charge in [0.05, 0.1) is 5.56 Å². The Morgan fingerprint density at radius 3 is 2.33 bits per heavy atom. The largest absolute Gasteiger partial charge is 0.419 e. The molecule has 5 heteroatoms. The Hall–Kier alpha value is -1.65. The summed E-state index contributed by atoms with van der Waals surface area (Å²) in [7, 11) is 0. The van der Waals surface area contributed by atoms with Gasteiger partial charge in [-0.3, -0.25) is 0 Å². The van der Waals surface area contributed by atoms with Crippen LogP contribution in [0.5, 0.6) is 0 Å². The third-order valence-corrected chi connectivity index (χ3v) is 7.48. The number of halogens is 5. The summed E-state index contributed by atoms with van der Waals surface area (Å²) in [4.78, 5) is 0. The molecule has 2 aromatic rings. The second-order valence-corrected chi connectivity index (χ2v) is 9.41. The van der Waals surface area contributed by atoms with Gasteiger partial charge in [0.2, 0.25) is 0 Å². The maximum Gasteiger partial charge on any atom is 0.419 e. The number of unbranched alkanes of at least 4 members (excludes halogenated alkanes) is 1. The molecular weight excluding hydrogens is 395 g/mol. The van der Waals surface area contributed by atoms with Crippen LogP contribution < -0.4 is 0 Å². The topological polar surface area (TPSA) is 0 Å². The van der Waals surface area contributed by atoms with Crippen molar-refractivity contribution >= 4 is 10.8 Å². The Morgan fingerprint density at radius 1 is 0.867 bits per heavy atom. The van der Waals surface area contributed by atoms with Crippen LogP contribution in [0.25, 0.3) is 10.8 Å². The molecule has 2 unspecified atom stereocenters. The zero-order chi connectivity index (χ0) is 21.5. The molecular formula is C25H29F5. The molecule has 0 saturated heterocycles. The van der Waals surface area contributed by atoms with Crippen molar-refractivity contribution in [1.82, 2.24) is 0 Å². The van der Waals surface area contributed by atoms with Gasteiger partial charge in [0.15, 0.2) is 0 Å². The number of hydrogen-bond donors (Lipinski definition) is 0. The Kier molecular flexibility index (Phi) is 6.09. The lowest BCUT2D eigenvalue weighted by Crippen LogP contribution is -2.30. The van der Waals surface area contributed by atoms with Crippen LogP contribution in [0.1, 0.15) is 81.8 Å². The van der Waals surface area contributed by atoms with Gasteiger partial charge in [0.25, 0.3) is 0 Å². The number of hydrogen-bond acceptors (Lipinski definition) is 0. The van der Waals surface area contributed by atoms with Crippen LogP contribution in [-0.4, -0.2) is 0 Å². The zero-order valence-electron chi connectivity index (χ0n) is 17.4. The minimum atomic E-state index is -4.84. The first kappa shape index (κ1) is 21.6. The molecule has 2 aliphatic rings. The van der Waals surface area contributed by atoms with E-state index in [4.69, 9.17) is 0 Å². The van der Waals surface area contributed by atoms with Gasteiger partial charge in [-0.25, -0.2) is 8.78 Å². The van der Waals surface area contributed by atoms with Crippen molar-refractivity contribution in [3.8, 4) is 0 Å². The molecule has 2 saturated carbocycles. The van der Waals surface area contributed by atoms with Crippen molar-refractivity contribution in [3.05, 3.63) is 47.0 Å². The minimum Gasteiger partial charge on any atom is -0.206 e. The van der Waals surface area contributed by atoms with Crippen molar-refractivity contribution in [3.63, 3.8) is 0 Å². The second kappa shape index (κ2) is 8.47. The molecule has 30 heavy (non-hydrogen) atoms. The minimum absolute atomic E-state index is 0.169. The Labute approximate surface area is 174 Å². The first-order valence-electron chi connectivity index (χ1n) is 11.3. The quantitative estimate of drug-likeness (QED) is 0.431. The molecule has 164 valence electrons. The number of fused-ring (bicyclic) bond motifs is 2. The van der Waals surface area contributed by atoms with Crippen LogP contribution in [0, 0.1) is 29.4 Å². The van der Waals surface area contributed by atoms with Crippen molar-refractivity contribution in [1.29, 1.82) is 0 Å². The highest BCUT2D eigenvalue weighted by Crippen LogP contribution is 2.49. The maximum atomic E-state index is 14.7. The fourth-order valence-electron chi connectivity index (χ4n) is 5.86. The predicted octanol–water partition coefficient (Wildman–Crippen LogP) is 8.63. The van der Waals surface area contributed by atoms with E-state index in [0.717, 1.165) is 42.7 Å². The predicted molar refractivity (Wildman–Crippen MR) is 109 cm³/mol. The van der Waals surface area contributed by atoms with Gasteiger partial charge in [-0.1, -0.05) is 38.7 Å². The van der Waals surface area contributed by atoms with Gasteiger partial charge in [0, 0.05) is 5.39 Å². The molecule has 0 heterocycles. The lowest BCUT2D eigenvalue weighted by Gasteiger charge is -2.42. The smallest absolute Gasteiger partial charge is 0.206 e. The van der Waals surface area contributed by atoms with Gasteiger partial charge in [0.1, 0.15) is 11.6 Å². The number of rotatable bonds is 4. The van der Waals surface area contributed by atoms with Gasteiger partial charge in [-0.2, -0.15) is 13.2 Å². The van der Waals surface area contributed by atoms with E-state index < -0.39 is 23.4 Å². The summed E-state index contributed by atoms with van der Waals surface area (Å²) < 4.78 is 67.6. The van der Waals surface area contributed by atoms with E-state index in [2.05, 4.69) is 6.92 Å². The van der Waals surface area contributed by atoms with Crippen LogP contribution in [0.15, 0.2) is 24.3 Å². The summed E-state index contributed by atoms with van der Waals surface area (Å²) in [5.74, 6) is 0.382. The van der Waals surface area contributed by atoms with Crippen LogP contribution in [0.4, 0.5) is 22.0 Å². The Balaban J connectivity index is 1.53. The molecule has 0 amide bonds. The van der Waals surface area contributed by atoms with Crippen molar-refractivity contribution in [2.45, 2.75) is 76.8 Å². The molecule has 2 aliphatic carbocycles. The highest BCUT2D eigenvalue weighted by Gasteiger charge is 2.37. The molecule has 0 aliphatic heterocycles. The molecule has 4 rings (SSSR count). The van der Waals surface area contributed by atoms with Crippen molar-refractivity contribution < 1.29 is 22.0 Å². The first-order chi connectivity index (χ1) is 14.3. The van der Waals surface area contributed by atoms with E-state index in [1.807, 2.05) is 0 Å². The number of alkyl halides is 3. The monoisotopic (exact) mass is 424 g/mol. The maximum absolute atomic E-state index is 14.7. The average Bonchev–Trinajstić information content (AvgIpc) is 2.70. The third-order valence-electron chi connectivity index (χ3n) is 7.48. The van der Waals surface area contributed by atoms with E-state index in [-0.39, 0.29) is 16.7 Å². The third kappa shape index (κ3) is 4.36. The van der Waals surface area contributed by atoms with E-state index in [1.165, 1.54) is 44.6 Å². The van der Waals surface area contributed by atoms with Gasteiger partial charge in [-0.15, -0.1) is 0 Å². The van der Waals surface area contributed by atoms with Crippen molar-refractivity contribution in [2.75, 3.05) is 0 Å². The molecule has 0 aromatic heterocycles. The lowest BCUT2D eigenvalue weighted by atomic mass is 9.63. The first-order valence-corrected chi connectivity index (χ1v) is 11.3. The zero-order valence-corrected chi connectivity index (χ0v) is 17.4. The highest BCUT2D eigenvalue weighted by atomic mass is 19.4. The second-order valence-electron chi connectivity index (χ2n) is 9.41. The van der Waals surface area contributed by atoms with E-state index in [0.29, 0.717) is 12.0 Å². The van der Waals surface area contributed by atoms with E-state index in [9.17, 15) is 22.0 Å². The van der Waals surface area contributed by atoms with Crippen LogP contribution >= 0.6 is 0 Å². The van der Waals surface area contributed by atoms with Crippen LogP contribution in [0.2, 0.25) is 0 Å².